The predicted molar refractivity (Wildman–Crippen MR) is 168 cm³/mol. The zero-order chi connectivity index (χ0) is 30.0. The van der Waals surface area contributed by atoms with Gasteiger partial charge in [0.1, 0.15) is 12.1 Å². The fourth-order valence-corrected chi connectivity index (χ4v) is 11.7. The van der Waals surface area contributed by atoms with Crippen LogP contribution in [0.5, 0.6) is 0 Å². The molecule has 0 aliphatic carbocycles. The number of aromatic nitrogens is 1. The van der Waals surface area contributed by atoms with E-state index >= 15 is 0 Å². The van der Waals surface area contributed by atoms with E-state index in [2.05, 4.69) is 45.0 Å². The van der Waals surface area contributed by atoms with Gasteiger partial charge in [0.15, 0.2) is 5.78 Å². The quantitative estimate of drug-likeness (QED) is 0.154. The third-order valence-corrected chi connectivity index (χ3v) is 14.2. The first kappa shape index (κ1) is 29.2. The first-order valence-electron chi connectivity index (χ1n) is 13.7. The van der Waals surface area contributed by atoms with E-state index < -0.39 is 30.5 Å². The van der Waals surface area contributed by atoms with Crippen molar-refractivity contribution in [1.82, 2.24) is 3.97 Å². The van der Waals surface area contributed by atoms with E-state index in [0.29, 0.717) is 10.9 Å². The molecule has 42 heavy (non-hydrogen) atoms. The molecule has 212 valence electrons. The summed E-state index contributed by atoms with van der Waals surface area (Å²) < 4.78 is 35.9. The Balaban J connectivity index is 1.65. The van der Waals surface area contributed by atoms with Crippen molar-refractivity contribution in [2.24, 2.45) is 0 Å². The van der Waals surface area contributed by atoms with Crippen LogP contribution < -0.4 is 10.4 Å². The van der Waals surface area contributed by atoms with E-state index in [1.54, 1.807) is 36.4 Å². The van der Waals surface area contributed by atoms with Gasteiger partial charge in [0, 0.05) is 5.39 Å². The molecule has 0 atom stereocenters. The summed E-state index contributed by atoms with van der Waals surface area (Å²) in [5.74, 6) is -0.557. The van der Waals surface area contributed by atoms with Gasteiger partial charge in [0.25, 0.3) is 18.3 Å². The second-order valence-corrected chi connectivity index (χ2v) is 17.3. The van der Waals surface area contributed by atoms with Crippen LogP contribution in [-0.4, -0.2) is 26.5 Å². The molecule has 5 aromatic rings. The predicted octanol–water partition coefficient (Wildman–Crippen LogP) is 6.05. The van der Waals surface area contributed by atoms with E-state index in [-0.39, 0.29) is 22.2 Å². The molecule has 6 nitrogen and oxygen atoms in total. The molecule has 5 rings (SSSR count). The van der Waals surface area contributed by atoms with Crippen LogP contribution in [0.15, 0.2) is 120 Å². The van der Waals surface area contributed by atoms with Crippen LogP contribution >= 0.6 is 0 Å². The van der Waals surface area contributed by atoms with Crippen molar-refractivity contribution in [1.29, 1.82) is 5.26 Å². The van der Waals surface area contributed by atoms with Crippen molar-refractivity contribution in [2.45, 2.75) is 43.7 Å². The summed E-state index contributed by atoms with van der Waals surface area (Å²) in [5.41, 5.74) is 1.10. The lowest BCUT2D eigenvalue weighted by atomic mass is 10.1. The van der Waals surface area contributed by atoms with E-state index in [1.807, 2.05) is 48.5 Å². The largest absolute Gasteiger partial charge is 0.403 e. The molecule has 0 fully saturated rings. The molecular weight excluding hydrogens is 561 g/mol. The molecule has 0 saturated carbocycles. The second kappa shape index (κ2) is 11.5. The molecule has 4 aromatic carbocycles. The van der Waals surface area contributed by atoms with E-state index in [1.165, 1.54) is 12.1 Å². The Morgan fingerprint density at radius 1 is 0.833 bits per heavy atom. The molecule has 0 N–H and O–H groups in total. The van der Waals surface area contributed by atoms with Crippen molar-refractivity contribution in [2.75, 3.05) is 0 Å². The van der Waals surface area contributed by atoms with Gasteiger partial charge in [-0.3, -0.25) is 4.79 Å². The van der Waals surface area contributed by atoms with Crippen molar-refractivity contribution < 1.29 is 17.6 Å². The highest BCUT2D eigenvalue weighted by atomic mass is 32.2. The summed E-state index contributed by atoms with van der Waals surface area (Å²) in [4.78, 5) is 13.0. The fourth-order valence-electron chi connectivity index (χ4n) is 5.58. The van der Waals surface area contributed by atoms with Crippen LogP contribution in [0.1, 0.15) is 43.2 Å². The highest BCUT2D eigenvalue weighted by Gasteiger charge is 2.50. The van der Waals surface area contributed by atoms with Gasteiger partial charge >= 0.3 is 0 Å². The second-order valence-electron chi connectivity index (χ2n) is 11.2. The van der Waals surface area contributed by atoms with Crippen molar-refractivity contribution in [3.8, 4) is 6.07 Å². The third kappa shape index (κ3) is 5.23. The minimum absolute atomic E-state index is 0.0412. The number of benzene rings is 4. The number of carbonyl (C=O) groups is 1. The highest BCUT2D eigenvalue weighted by Crippen LogP contribution is 2.37. The number of Topliss-reactive ketones (excluding diaryl/α,β-unsaturated/α-hetero) is 1. The number of hydrogen-bond donors (Lipinski definition) is 0. The van der Waals surface area contributed by atoms with Crippen molar-refractivity contribution in [3.05, 3.63) is 127 Å². The number of ketones is 1. The zero-order valence-corrected chi connectivity index (χ0v) is 25.6. The minimum atomic E-state index is -4.13. The van der Waals surface area contributed by atoms with Gasteiger partial charge in [0.05, 0.1) is 23.1 Å². The average Bonchev–Trinajstić information content (AvgIpc) is 3.38. The highest BCUT2D eigenvalue weighted by molar-refractivity contribution is 7.90. The Bertz CT molecular complexity index is 1830. The van der Waals surface area contributed by atoms with Gasteiger partial charge in [0.2, 0.25) is 0 Å². The summed E-state index contributed by atoms with van der Waals surface area (Å²) in [6.45, 7) is 6.84. The molecule has 0 aliphatic heterocycles. The van der Waals surface area contributed by atoms with Crippen LogP contribution in [0, 0.1) is 11.3 Å². The summed E-state index contributed by atoms with van der Waals surface area (Å²) in [7, 11) is -6.97. The molecule has 0 unspecified atom stereocenters. The first-order valence-corrected chi connectivity index (χ1v) is 17.0. The smallest absolute Gasteiger partial charge is 0.268 e. The minimum Gasteiger partial charge on any atom is -0.403 e. The lowest BCUT2D eigenvalue weighted by molar-refractivity contribution is 0.0992. The number of nitrogens with zero attached hydrogens (tertiary/aromatic N) is 2. The standard InChI is InChI=1S/C34H32N2O4SSi/c1-34(2,3)42(29-15-9-5-10-16-29,30-17-11-6-12-18-30)40-25-26-19-20-27-24-32(33(37)21-22-35)36(31(27)23-26)41(38,39)28-13-7-4-8-14-28/h4-20,23-24H,21,25H2,1-3H3. The van der Waals surface area contributed by atoms with Crippen molar-refractivity contribution >= 4 is 45.4 Å². The number of nitriles is 1. The maximum absolute atomic E-state index is 13.9. The van der Waals surface area contributed by atoms with E-state index in [4.69, 9.17) is 4.43 Å². The van der Waals surface area contributed by atoms with Gasteiger partial charge in [-0.25, -0.2) is 12.4 Å². The molecule has 0 bridgehead atoms. The van der Waals surface area contributed by atoms with Crippen molar-refractivity contribution in [3.63, 3.8) is 0 Å². The maximum Gasteiger partial charge on any atom is 0.268 e. The third-order valence-electron chi connectivity index (χ3n) is 7.50. The summed E-state index contributed by atoms with van der Waals surface area (Å²) >= 11 is 0. The SMILES string of the molecule is CC(C)(C)[Si](OCc1ccc2cc(C(=O)CC#N)n(S(=O)(=O)c3ccccc3)c2c1)(c1ccccc1)c1ccccc1. The van der Waals surface area contributed by atoms with Crippen LogP contribution in [0.2, 0.25) is 5.04 Å². The molecule has 8 heteroatoms. The molecule has 1 aromatic heterocycles. The normalized spacial score (nSPS) is 12.2. The van der Waals surface area contributed by atoms with E-state index in [9.17, 15) is 18.5 Å². The zero-order valence-electron chi connectivity index (χ0n) is 23.8. The van der Waals surface area contributed by atoms with Gasteiger partial charge in [-0.05, 0) is 45.2 Å². The molecule has 0 amide bonds. The Kier molecular flexibility index (Phi) is 8.02. The first-order chi connectivity index (χ1) is 20.1. The van der Waals surface area contributed by atoms with Crippen LogP contribution in [0.25, 0.3) is 10.9 Å². The lowest BCUT2D eigenvalue weighted by Gasteiger charge is -2.43. The maximum atomic E-state index is 13.9. The fraction of sp³-hybridized carbons (Fsp3) is 0.176. The van der Waals surface area contributed by atoms with E-state index in [0.717, 1.165) is 19.9 Å². The van der Waals surface area contributed by atoms with Gasteiger partial charge in [-0.1, -0.05) is 112 Å². The molecule has 0 radical (unpaired) electrons. The van der Waals surface area contributed by atoms with Crippen LogP contribution in [0.4, 0.5) is 0 Å². The molecule has 1 heterocycles. The molecule has 0 aliphatic rings. The molecule has 0 saturated heterocycles. The Morgan fingerprint density at radius 2 is 1.38 bits per heavy atom. The number of hydrogen-bond acceptors (Lipinski definition) is 5. The Morgan fingerprint density at radius 3 is 1.90 bits per heavy atom. The summed E-state index contributed by atoms with van der Waals surface area (Å²) in [6, 6.07) is 37.5. The summed E-state index contributed by atoms with van der Waals surface area (Å²) in [6.07, 6.45) is -0.426. The molecular formula is C34H32N2O4SSi. The number of rotatable bonds is 9. The average molecular weight is 593 g/mol. The van der Waals surface area contributed by atoms with Crippen LogP contribution in [0.3, 0.4) is 0 Å². The number of carbonyl (C=O) groups excluding carboxylic acids is 1. The number of fused-ring (bicyclic) bond motifs is 1. The topological polar surface area (TPSA) is 89.2 Å². The lowest BCUT2D eigenvalue weighted by Crippen LogP contribution is -2.66. The van der Waals surface area contributed by atoms with Gasteiger partial charge in [-0.15, -0.1) is 0 Å². The Hall–Kier alpha value is -4.29. The molecule has 0 spiro atoms. The van der Waals surface area contributed by atoms with Gasteiger partial charge < -0.3 is 4.43 Å². The Labute approximate surface area is 248 Å². The van der Waals surface area contributed by atoms with Gasteiger partial charge in [-0.2, -0.15) is 5.26 Å². The van der Waals surface area contributed by atoms with Crippen LogP contribution in [-0.2, 0) is 21.1 Å². The monoisotopic (exact) mass is 592 g/mol. The summed E-state index contributed by atoms with van der Waals surface area (Å²) in [5, 5.41) is 11.8.